The number of amides is 1. The molecule has 0 spiro atoms. The van der Waals surface area contributed by atoms with Crippen LogP contribution < -0.4 is 11.1 Å². The molecule has 0 aromatic heterocycles. The van der Waals surface area contributed by atoms with Crippen molar-refractivity contribution in [3.8, 4) is 11.1 Å². The van der Waals surface area contributed by atoms with Crippen LogP contribution in [0.4, 0.5) is 4.79 Å². The fraction of sp³-hybridized carbons (Fsp3) is 0.364. The van der Waals surface area contributed by atoms with E-state index in [1.807, 2.05) is 24.3 Å². The number of hydrogen-bond donors (Lipinski definition) is 2. The number of benzene rings is 2. The van der Waals surface area contributed by atoms with Crippen LogP contribution in [0.25, 0.3) is 11.1 Å². The van der Waals surface area contributed by atoms with Crippen molar-refractivity contribution in [2.45, 2.75) is 31.2 Å². The lowest BCUT2D eigenvalue weighted by molar-refractivity contribution is -0.143. The third kappa shape index (κ3) is 4.34. The summed E-state index contributed by atoms with van der Waals surface area (Å²) in [7, 11) is 1.30. The first-order chi connectivity index (χ1) is 13.7. The van der Waals surface area contributed by atoms with Crippen molar-refractivity contribution in [2.24, 2.45) is 5.73 Å². The van der Waals surface area contributed by atoms with Crippen LogP contribution in [0.2, 0.25) is 0 Å². The lowest BCUT2D eigenvalue weighted by Crippen LogP contribution is -2.42. The first-order valence-electron chi connectivity index (χ1n) is 9.55. The average Bonchev–Trinajstić information content (AvgIpc) is 3.05. The molecule has 0 saturated heterocycles. The van der Waals surface area contributed by atoms with E-state index in [-0.39, 0.29) is 12.5 Å². The Kier molecular flexibility index (Phi) is 6.66. The van der Waals surface area contributed by atoms with Gasteiger partial charge in [-0.15, -0.1) is 0 Å². The van der Waals surface area contributed by atoms with Gasteiger partial charge in [-0.2, -0.15) is 0 Å². The van der Waals surface area contributed by atoms with Crippen LogP contribution in [-0.4, -0.2) is 38.4 Å². The van der Waals surface area contributed by atoms with Gasteiger partial charge in [0.2, 0.25) is 0 Å². The minimum absolute atomic E-state index is 0.0213. The maximum atomic E-state index is 12.3. The van der Waals surface area contributed by atoms with Crippen molar-refractivity contribution in [1.29, 1.82) is 0 Å². The molecule has 1 aliphatic carbocycles. The summed E-state index contributed by atoms with van der Waals surface area (Å²) in [5.74, 6) is -0.502. The number of carbonyl (C=O) groups is 2. The summed E-state index contributed by atoms with van der Waals surface area (Å²) in [5, 5.41) is 2.62. The summed E-state index contributed by atoms with van der Waals surface area (Å²) in [6.07, 6.45) is 1.35. The van der Waals surface area contributed by atoms with Gasteiger partial charge in [-0.05, 0) is 48.1 Å². The molecule has 148 valence electrons. The summed E-state index contributed by atoms with van der Waals surface area (Å²) < 4.78 is 10.3. The fourth-order valence-corrected chi connectivity index (χ4v) is 3.67. The maximum Gasteiger partial charge on any atom is 0.407 e. The Morgan fingerprint density at radius 2 is 1.64 bits per heavy atom. The number of esters is 1. The Bertz CT molecular complexity index is 791. The first kappa shape index (κ1) is 19.9. The van der Waals surface area contributed by atoms with E-state index in [0.717, 1.165) is 24.0 Å². The number of nitrogens with one attached hydrogen (secondary N) is 1. The van der Waals surface area contributed by atoms with Gasteiger partial charge >= 0.3 is 12.1 Å². The van der Waals surface area contributed by atoms with E-state index in [1.165, 1.54) is 18.2 Å². The standard InChI is InChI=1S/C22H26N2O4/c1-27-21(25)20(12-6-7-13-23)24-22(26)28-14-19-17-10-4-2-8-15(17)16-9-3-5-11-18(16)19/h2-5,8-11,19-20H,6-7,12-14,23H2,1H3,(H,24,26)/t20-/m0/s1. The fourth-order valence-electron chi connectivity index (χ4n) is 3.67. The molecule has 0 fully saturated rings. The number of ether oxygens (including phenoxy) is 2. The second kappa shape index (κ2) is 9.37. The van der Waals surface area contributed by atoms with Gasteiger partial charge in [-0.3, -0.25) is 0 Å². The largest absolute Gasteiger partial charge is 0.467 e. The zero-order chi connectivity index (χ0) is 19.9. The van der Waals surface area contributed by atoms with Crippen LogP contribution in [0.1, 0.15) is 36.3 Å². The number of hydrogen-bond acceptors (Lipinski definition) is 5. The van der Waals surface area contributed by atoms with E-state index in [0.29, 0.717) is 13.0 Å². The molecule has 2 aromatic rings. The van der Waals surface area contributed by atoms with Crippen LogP contribution in [0.5, 0.6) is 0 Å². The molecule has 6 nitrogen and oxygen atoms in total. The van der Waals surface area contributed by atoms with Gasteiger partial charge in [-0.1, -0.05) is 48.5 Å². The SMILES string of the molecule is COC(=O)[C@H](CCCCN)NC(=O)OCC1c2ccccc2-c2ccccc21. The van der Waals surface area contributed by atoms with Crippen molar-refractivity contribution in [3.63, 3.8) is 0 Å². The molecule has 1 atom stereocenters. The van der Waals surface area contributed by atoms with E-state index < -0.39 is 18.1 Å². The predicted octanol–water partition coefficient (Wildman–Crippen LogP) is 3.20. The van der Waals surface area contributed by atoms with Crippen LogP contribution in [0.3, 0.4) is 0 Å². The molecule has 0 unspecified atom stereocenters. The van der Waals surface area contributed by atoms with Gasteiger partial charge in [0.05, 0.1) is 7.11 Å². The number of fused-ring (bicyclic) bond motifs is 3. The lowest BCUT2D eigenvalue weighted by Gasteiger charge is -2.18. The number of rotatable bonds is 8. The summed E-state index contributed by atoms with van der Waals surface area (Å²) >= 11 is 0. The van der Waals surface area contributed by atoms with Gasteiger partial charge in [0.1, 0.15) is 12.6 Å². The molecule has 6 heteroatoms. The maximum absolute atomic E-state index is 12.3. The lowest BCUT2D eigenvalue weighted by atomic mass is 9.98. The summed E-state index contributed by atoms with van der Waals surface area (Å²) in [6.45, 7) is 0.745. The predicted molar refractivity (Wildman–Crippen MR) is 107 cm³/mol. The monoisotopic (exact) mass is 382 g/mol. The van der Waals surface area contributed by atoms with E-state index in [4.69, 9.17) is 15.2 Å². The second-order valence-corrected chi connectivity index (χ2v) is 6.83. The third-order valence-corrected chi connectivity index (χ3v) is 5.07. The summed E-state index contributed by atoms with van der Waals surface area (Å²) in [4.78, 5) is 24.2. The highest BCUT2D eigenvalue weighted by Gasteiger charge is 2.29. The van der Waals surface area contributed by atoms with Gasteiger partial charge < -0.3 is 20.5 Å². The van der Waals surface area contributed by atoms with Crippen LogP contribution >= 0.6 is 0 Å². The summed E-state index contributed by atoms with van der Waals surface area (Å²) in [5.41, 5.74) is 10.1. The smallest absolute Gasteiger partial charge is 0.407 e. The van der Waals surface area contributed by atoms with E-state index >= 15 is 0 Å². The molecule has 3 N–H and O–H groups in total. The quantitative estimate of drug-likeness (QED) is 0.540. The molecule has 0 heterocycles. The number of alkyl carbamates (subject to hydrolysis) is 1. The Hall–Kier alpha value is -2.86. The molecular weight excluding hydrogens is 356 g/mol. The first-order valence-corrected chi connectivity index (χ1v) is 9.55. The second-order valence-electron chi connectivity index (χ2n) is 6.83. The average molecular weight is 382 g/mol. The van der Waals surface area contributed by atoms with Crippen molar-refractivity contribution in [3.05, 3.63) is 59.7 Å². The van der Waals surface area contributed by atoms with Gasteiger partial charge in [-0.25, -0.2) is 9.59 Å². The van der Waals surface area contributed by atoms with E-state index in [1.54, 1.807) is 0 Å². The third-order valence-electron chi connectivity index (χ3n) is 5.07. The minimum atomic E-state index is -0.729. The molecule has 28 heavy (non-hydrogen) atoms. The molecule has 2 aromatic carbocycles. The van der Waals surface area contributed by atoms with Gasteiger partial charge in [0, 0.05) is 5.92 Å². The van der Waals surface area contributed by atoms with Crippen LogP contribution in [0, 0.1) is 0 Å². The molecule has 0 bridgehead atoms. The van der Waals surface area contributed by atoms with Gasteiger partial charge in [0.15, 0.2) is 0 Å². The Labute approximate surface area is 165 Å². The number of carbonyl (C=O) groups excluding carboxylic acids is 2. The van der Waals surface area contributed by atoms with Crippen molar-refractivity contribution in [2.75, 3.05) is 20.3 Å². The minimum Gasteiger partial charge on any atom is -0.467 e. The molecule has 1 amide bonds. The van der Waals surface area contributed by atoms with Crippen LogP contribution in [-0.2, 0) is 14.3 Å². The molecule has 0 aliphatic heterocycles. The zero-order valence-electron chi connectivity index (χ0n) is 16.0. The molecule has 1 aliphatic rings. The Balaban J connectivity index is 1.64. The van der Waals surface area contributed by atoms with E-state index in [2.05, 4.69) is 29.6 Å². The van der Waals surface area contributed by atoms with Crippen molar-refractivity contribution >= 4 is 12.1 Å². The number of unbranched alkanes of at least 4 members (excludes halogenated alkanes) is 1. The summed E-state index contributed by atoms with van der Waals surface area (Å²) in [6, 6.07) is 15.5. The molecule has 3 rings (SSSR count). The van der Waals surface area contributed by atoms with Crippen LogP contribution in [0.15, 0.2) is 48.5 Å². The highest BCUT2D eigenvalue weighted by Crippen LogP contribution is 2.44. The number of nitrogens with two attached hydrogens (primary N) is 1. The normalized spacial score (nSPS) is 13.4. The molecule has 0 radical (unpaired) electrons. The number of methoxy groups -OCH3 is 1. The molecule has 0 saturated carbocycles. The van der Waals surface area contributed by atoms with E-state index in [9.17, 15) is 9.59 Å². The highest BCUT2D eigenvalue weighted by molar-refractivity contribution is 5.82. The van der Waals surface area contributed by atoms with Crippen molar-refractivity contribution < 1.29 is 19.1 Å². The molecular formula is C22H26N2O4. The Morgan fingerprint density at radius 3 is 2.21 bits per heavy atom. The van der Waals surface area contributed by atoms with Crippen molar-refractivity contribution in [1.82, 2.24) is 5.32 Å². The zero-order valence-corrected chi connectivity index (χ0v) is 16.0. The Morgan fingerprint density at radius 1 is 1.04 bits per heavy atom. The topological polar surface area (TPSA) is 90.6 Å². The van der Waals surface area contributed by atoms with Gasteiger partial charge in [0.25, 0.3) is 0 Å². The highest BCUT2D eigenvalue weighted by atomic mass is 16.6.